The second kappa shape index (κ2) is 7.90. The first kappa shape index (κ1) is 16.4. The van der Waals surface area contributed by atoms with Crippen LogP contribution in [0.4, 0.5) is 0 Å². The summed E-state index contributed by atoms with van der Waals surface area (Å²) >= 11 is 0. The molecule has 5 heteroatoms. The number of morpholine rings is 1. The molecule has 1 aromatic rings. The van der Waals surface area contributed by atoms with Crippen molar-refractivity contribution >= 4 is 5.91 Å². The van der Waals surface area contributed by atoms with Gasteiger partial charge in [0.15, 0.2) is 0 Å². The fourth-order valence-electron chi connectivity index (χ4n) is 3.40. The lowest BCUT2D eigenvalue weighted by Gasteiger charge is -2.33. The Morgan fingerprint density at radius 2 is 2.17 bits per heavy atom. The summed E-state index contributed by atoms with van der Waals surface area (Å²) in [5.41, 5.74) is 1.32. The van der Waals surface area contributed by atoms with E-state index in [0.717, 1.165) is 39.3 Å². The van der Waals surface area contributed by atoms with Crippen molar-refractivity contribution in [2.75, 3.05) is 39.3 Å². The maximum Gasteiger partial charge on any atom is 0.224 e. The van der Waals surface area contributed by atoms with Gasteiger partial charge in [-0.15, -0.1) is 0 Å². The summed E-state index contributed by atoms with van der Waals surface area (Å²) in [6.07, 6.45) is 0.0843. The number of nitrogens with one attached hydrogen (secondary N) is 2. The van der Waals surface area contributed by atoms with E-state index in [1.165, 1.54) is 5.56 Å². The molecule has 23 heavy (non-hydrogen) atoms. The minimum atomic E-state index is 0.0843. The third-order valence-corrected chi connectivity index (χ3v) is 4.83. The minimum absolute atomic E-state index is 0.0843. The average Bonchev–Trinajstić information content (AvgIpc) is 3.00. The molecule has 2 aliphatic rings. The van der Waals surface area contributed by atoms with Gasteiger partial charge in [-0.3, -0.25) is 9.69 Å². The molecule has 0 spiro atoms. The Kier molecular flexibility index (Phi) is 5.65. The van der Waals surface area contributed by atoms with Crippen LogP contribution in [0.1, 0.15) is 12.5 Å². The van der Waals surface area contributed by atoms with E-state index in [1.54, 1.807) is 0 Å². The van der Waals surface area contributed by atoms with Crippen LogP contribution >= 0.6 is 0 Å². The number of nitrogens with zero attached hydrogens (tertiary/aromatic N) is 1. The zero-order valence-electron chi connectivity index (χ0n) is 13.8. The van der Waals surface area contributed by atoms with E-state index in [0.29, 0.717) is 12.5 Å². The molecule has 2 saturated heterocycles. The lowest BCUT2D eigenvalue weighted by Crippen LogP contribution is -2.48. The summed E-state index contributed by atoms with van der Waals surface area (Å²) in [4.78, 5) is 14.6. The average molecular weight is 317 g/mol. The Balaban J connectivity index is 1.44. The van der Waals surface area contributed by atoms with Crippen LogP contribution in [0.25, 0.3) is 0 Å². The molecule has 0 bridgehead atoms. The van der Waals surface area contributed by atoms with Crippen molar-refractivity contribution in [2.45, 2.75) is 19.6 Å². The van der Waals surface area contributed by atoms with E-state index in [1.807, 2.05) is 6.07 Å². The van der Waals surface area contributed by atoms with Crippen LogP contribution in [0, 0.1) is 11.8 Å². The fraction of sp³-hybridized carbons (Fsp3) is 0.611. The van der Waals surface area contributed by atoms with Crippen molar-refractivity contribution in [1.29, 1.82) is 0 Å². The second-order valence-electron chi connectivity index (χ2n) is 6.70. The van der Waals surface area contributed by atoms with Gasteiger partial charge < -0.3 is 15.4 Å². The Bertz CT molecular complexity index is 508. The van der Waals surface area contributed by atoms with Gasteiger partial charge >= 0.3 is 0 Å². The highest BCUT2D eigenvalue weighted by molar-refractivity contribution is 5.79. The zero-order valence-corrected chi connectivity index (χ0v) is 13.8. The molecule has 1 amide bonds. The van der Waals surface area contributed by atoms with Gasteiger partial charge in [-0.2, -0.15) is 0 Å². The van der Waals surface area contributed by atoms with Gasteiger partial charge in [-0.05, 0) is 18.0 Å². The molecule has 2 N–H and O–H groups in total. The number of carbonyl (C=O) groups excluding carboxylic acids is 1. The van der Waals surface area contributed by atoms with Gasteiger partial charge in [0, 0.05) is 32.7 Å². The first-order valence-corrected chi connectivity index (χ1v) is 8.58. The summed E-state index contributed by atoms with van der Waals surface area (Å²) < 4.78 is 5.81. The van der Waals surface area contributed by atoms with Gasteiger partial charge in [0.05, 0.1) is 18.6 Å². The molecular weight excluding hydrogens is 290 g/mol. The van der Waals surface area contributed by atoms with Crippen LogP contribution in [0.15, 0.2) is 30.3 Å². The number of ether oxygens (including phenoxy) is 1. The molecule has 2 aliphatic heterocycles. The van der Waals surface area contributed by atoms with E-state index in [9.17, 15) is 4.79 Å². The molecule has 0 aromatic heterocycles. The van der Waals surface area contributed by atoms with Crippen molar-refractivity contribution in [1.82, 2.24) is 15.5 Å². The van der Waals surface area contributed by atoms with Gasteiger partial charge in [0.2, 0.25) is 5.91 Å². The summed E-state index contributed by atoms with van der Waals surface area (Å²) in [5, 5.41) is 6.35. The third kappa shape index (κ3) is 4.53. The first-order chi connectivity index (χ1) is 11.2. The molecular formula is C18H27N3O2. The van der Waals surface area contributed by atoms with E-state index < -0.39 is 0 Å². The van der Waals surface area contributed by atoms with Gasteiger partial charge in [-0.25, -0.2) is 0 Å². The largest absolute Gasteiger partial charge is 0.374 e. The molecule has 0 radical (unpaired) electrons. The summed E-state index contributed by atoms with van der Waals surface area (Å²) in [7, 11) is 0. The number of benzene rings is 1. The molecule has 5 nitrogen and oxygen atoms in total. The summed E-state index contributed by atoms with van der Waals surface area (Å²) in [5.74, 6) is 0.669. The molecule has 3 atom stereocenters. The molecule has 1 unspecified atom stereocenters. The van der Waals surface area contributed by atoms with Crippen LogP contribution in [-0.4, -0.2) is 56.2 Å². The molecule has 0 aliphatic carbocycles. The SMILES string of the molecule is C[C@@H]1CNC[C@H]1C(=O)NCC1CN(Cc2ccccc2)CCO1. The van der Waals surface area contributed by atoms with Crippen LogP contribution in [0.5, 0.6) is 0 Å². The molecule has 2 heterocycles. The van der Waals surface area contributed by atoms with E-state index in [-0.39, 0.29) is 17.9 Å². The van der Waals surface area contributed by atoms with Crippen molar-refractivity contribution in [2.24, 2.45) is 11.8 Å². The van der Waals surface area contributed by atoms with E-state index in [4.69, 9.17) is 4.74 Å². The summed E-state index contributed by atoms with van der Waals surface area (Å²) in [6.45, 7) is 7.95. The smallest absolute Gasteiger partial charge is 0.224 e. The van der Waals surface area contributed by atoms with E-state index >= 15 is 0 Å². The third-order valence-electron chi connectivity index (χ3n) is 4.83. The maximum absolute atomic E-state index is 12.3. The quantitative estimate of drug-likeness (QED) is 0.846. The van der Waals surface area contributed by atoms with Crippen LogP contribution < -0.4 is 10.6 Å². The van der Waals surface area contributed by atoms with Gasteiger partial charge in [0.1, 0.15) is 0 Å². The second-order valence-corrected chi connectivity index (χ2v) is 6.70. The topological polar surface area (TPSA) is 53.6 Å². The zero-order chi connectivity index (χ0) is 16.1. The number of hydrogen-bond acceptors (Lipinski definition) is 4. The fourth-order valence-corrected chi connectivity index (χ4v) is 3.40. The van der Waals surface area contributed by atoms with Crippen molar-refractivity contribution in [3.8, 4) is 0 Å². The van der Waals surface area contributed by atoms with Crippen molar-refractivity contribution in [3.05, 3.63) is 35.9 Å². The molecule has 1 aromatic carbocycles. The van der Waals surface area contributed by atoms with Crippen LogP contribution in [-0.2, 0) is 16.1 Å². The Hall–Kier alpha value is -1.43. The van der Waals surface area contributed by atoms with E-state index in [2.05, 4.69) is 46.7 Å². The monoisotopic (exact) mass is 317 g/mol. The summed E-state index contributed by atoms with van der Waals surface area (Å²) in [6, 6.07) is 10.5. The molecule has 3 rings (SSSR count). The lowest BCUT2D eigenvalue weighted by molar-refractivity contribution is -0.126. The highest BCUT2D eigenvalue weighted by Gasteiger charge is 2.30. The normalized spacial score (nSPS) is 28.7. The van der Waals surface area contributed by atoms with Crippen molar-refractivity contribution in [3.63, 3.8) is 0 Å². The maximum atomic E-state index is 12.3. The Morgan fingerprint density at radius 1 is 1.35 bits per heavy atom. The van der Waals surface area contributed by atoms with Crippen LogP contribution in [0.2, 0.25) is 0 Å². The molecule has 126 valence electrons. The highest BCUT2D eigenvalue weighted by Crippen LogP contribution is 2.16. The number of amides is 1. The molecule has 2 fully saturated rings. The standard InChI is InChI=1S/C18H27N3O2/c1-14-9-19-11-17(14)18(22)20-10-16-13-21(7-8-23-16)12-15-5-3-2-4-6-15/h2-6,14,16-17,19H,7-13H2,1H3,(H,20,22)/t14-,16?,17-/m1/s1. The highest BCUT2D eigenvalue weighted by atomic mass is 16.5. The van der Waals surface area contributed by atoms with Crippen LogP contribution in [0.3, 0.4) is 0 Å². The van der Waals surface area contributed by atoms with Gasteiger partial charge in [0.25, 0.3) is 0 Å². The lowest BCUT2D eigenvalue weighted by atomic mass is 9.97. The number of carbonyl (C=O) groups is 1. The van der Waals surface area contributed by atoms with Crippen molar-refractivity contribution < 1.29 is 9.53 Å². The molecule has 0 saturated carbocycles. The number of hydrogen-bond donors (Lipinski definition) is 2. The predicted octanol–water partition coefficient (Wildman–Crippen LogP) is 0.859. The Morgan fingerprint density at radius 3 is 2.91 bits per heavy atom. The Labute approximate surface area is 138 Å². The predicted molar refractivity (Wildman–Crippen MR) is 90.0 cm³/mol. The number of rotatable bonds is 5. The van der Waals surface area contributed by atoms with Gasteiger partial charge in [-0.1, -0.05) is 37.3 Å². The minimum Gasteiger partial charge on any atom is -0.374 e. The first-order valence-electron chi connectivity index (χ1n) is 8.58.